The Kier molecular flexibility index (Phi) is 7.04. The predicted molar refractivity (Wildman–Crippen MR) is 88.7 cm³/mol. The monoisotopic (exact) mass is 290 g/mol. The van der Waals surface area contributed by atoms with E-state index < -0.39 is 0 Å². The fraction of sp³-hybridized carbons (Fsp3) is 0.667. The van der Waals surface area contributed by atoms with Crippen LogP contribution in [0.2, 0.25) is 0 Å². The van der Waals surface area contributed by atoms with E-state index in [1.807, 2.05) is 12.1 Å². The molecule has 0 unspecified atom stereocenters. The lowest BCUT2D eigenvalue weighted by Gasteiger charge is -2.27. The van der Waals surface area contributed by atoms with Crippen LogP contribution in [0, 0.1) is 0 Å². The van der Waals surface area contributed by atoms with Crippen molar-refractivity contribution in [3.05, 3.63) is 29.8 Å². The van der Waals surface area contributed by atoms with Gasteiger partial charge < -0.3 is 15.4 Å². The molecule has 1 aliphatic rings. The largest absolute Gasteiger partial charge is 0.494 e. The average Bonchev–Trinajstić information content (AvgIpc) is 2.54. The second kappa shape index (κ2) is 9.06. The van der Waals surface area contributed by atoms with E-state index in [0.717, 1.165) is 31.7 Å². The number of likely N-dealkylation sites (tertiary alicyclic amines) is 1. The van der Waals surface area contributed by atoms with E-state index in [-0.39, 0.29) is 6.04 Å². The lowest BCUT2D eigenvalue weighted by atomic mass is 10.0. The maximum atomic E-state index is 6.32. The Balaban J connectivity index is 1.74. The summed E-state index contributed by atoms with van der Waals surface area (Å²) < 4.78 is 5.69. The highest BCUT2D eigenvalue weighted by Crippen LogP contribution is 2.20. The number of rotatable bonds is 8. The molecule has 1 saturated heterocycles. The van der Waals surface area contributed by atoms with Gasteiger partial charge in [0.05, 0.1) is 6.61 Å². The zero-order valence-electron chi connectivity index (χ0n) is 13.4. The Morgan fingerprint density at radius 2 is 1.86 bits per heavy atom. The minimum atomic E-state index is 0.136. The van der Waals surface area contributed by atoms with Crippen LogP contribution < -0.4 is 10.5 Å². The summed E-state index contributed by atoms with van der Waals surface area (Å²) in [5.41, 5.74) is 7.53. The topological polar surface area (TPSA) is 38.5 Å². The number of piperidine rings is 1. The van der Waals surface area contributed by atoms with Gasteiger partial charge in [0.15, 0.2) is 0 Å². The van der Waals surface area contributed by atoms with Gasteiger partial charge in [0.25, 0.3) is 0 Å². The van der Waals surface area contributed by atoms with Crippen molar-refractivity contribution in [2.24, 2.45) is 5.73 Å². The number of ether oxygens (including phenoxy) is 1. The van der Waals surface area contributed by atoms with Crippen LogP contribution in [-0.4, -0.2) is 31.1 Å². The third-order valence-electron chi connectivity index (χ3n) is 4.28. The molecule has 1 aliphatic heterocycles. The third-order valence-corrected chi connectivity index (χ3v) is 4.28. The summed E-state index contributed by atoms with van der Waals surface area (Å²) in [7, 11) is 0. The Bertz CT molecular complexity index is 385. The molecule has 2 rings (SSSR count). The second-order valence-corrected chi connectivity index (χ2v) is 6.07. The van der Waals surface area contributed by atoms with Gasteiger partial charge in [0.2, 0.25) is 0 Å². The molecule has 118 valence electrons. The molecule has 0 saturated carbocycles. The summed E-state index contributed by atoms with van der Waals surface area (Å²) in [6.07, 6.45) is 7.40. The fourth-order valence-electron chi connectivity index (χ4n) is 2.82. The van der Waals surface area contributed by atoms with Crippen molar-refractivity contribution in [3.63, 3.8) is 0 Å². The molecular weight excluding hydrogens is 260 g/mol. The van der Waals surface area contributed by atoms with Gasteiger partial charge in [-0.3, -0.25) is 0 Å². The van der Waals surface area contributed by atoms with Crippen LogP contribution in [0.25, 0.3) is 0 Å². The Morgan fingerprint density at radius 3 is 2.52 bits per heavy atom. The van der Waals surface area contributed by atoms with E-state index >= 15 is 0 Å². The van der Waals surface area contributed by atoms with Gasteiger partial charge in [-0.1, -0.05) is 31.9 Å². The van der Waals surface area contributed by atoms with Crippen LogP contribution in [0.3, 0.4) is 0 Å². The summed E-state index contributed by atoms with van der Waals surface area (Å²) in [5, 5.41) is 0. The smallest absolute Gasteiger partial charge is 0.119 e. The predicted octanol–water partition coefficient (Wildman–Crippen LogP) is 3.74. The molecule has 0 aliphatic carbocycles. The Labute approximate surface area is 129 Å². The van der Waals surface area contributed by atoms with Crippen LogP contribution in [0.1, 0.15) is 57.1 Å². The van der Waals surface area contributed by atoms with Gasteiger partial charge in [0.1, 0.15) is 5.75 Å². The first kappa shape index (κ1) is 16.3. The normalized spacial score (nSPS) is 17.6. The van der Waals surface area contributed by atoms with Crippen LogP contribution in [0.15, 0.2) is 24.3 Å². The molecule has 0 aromatic heterocycles. The number of hydrogen-bond acceptors (Lipinski definition) is 3. The first-order valence-corrected chi connectivity index (χ1v) is 8.50. The van der Waals surface area contributed by atoms with E-state index in [9.17, 15) is 0 Å². The maximum absolute atomic E-state index is 6.32. The first-order chi connectivity index (χ1) is 10.3. The zero-order chi connectivity index (χ0) is 14.9. The van der Waals surface area contributed by atoms with Crippen molar-refractivity contribution in [1.29, 1.82) is 0 Å². The maximum Gasteiger partial charge on any atom is 0.119 e. The summed E-state index contributed by atoms with van der Waals surface area (Å²) >= 11 is 0. The lowest BCUT2D eigenvalue weighted by Crippen LogP contribution is -2.32. The Morgan fingerprint density at radius 1 is 1.14 bits per heavy atom. The molecule has 0 amide bonds. The molecule has 1 aromatic carbocycles. The summed E-state index contributed by atoms with van der Waals surface area (Å²) in [6, 6.07) is 8.46. The minimum Gasteiger partial charge on any atom is -0.494 e. The van der Waals surface area contributed by atoms with Crippen molar-refractivity contribution in [2.75, 3.05) is 26.2 Å². The molecule has 0 spiro atoms. The van der Waals surface area contributed by atoms with Crippen LogP contribution in [0.5, 0.6) is 5.75 Å². The van der Waals surface area contributed by atoms with E-state index in [4.69, 9.17) is 10.5 Å². The minimum absolute atomic E-state index is 0.136. The molecule has 0 bridgehead atoms. The highest BCUT2D eigenvalue weighted by molar-refractivity contribution is 5.29. The van der Waals surface area contributed by atoms with Gasteiger partial charge in [-0.25, -0.2) is 0 Å². The van der Waals surface area contributed by atoms with Crippen molar-refractivity contribution in [3.8, 4) is 5.75 Å². The highest BCUT2D eigenvalue weighted by Gasteiger charge is 2.12. The van der Waals surface area contributed by atoms with Crippen molar-refractivity contribution >= 4 is 0 Å². The zero-order valence-corrected chi connectivity index (χ0v) is 13.4. The molecule has 1 aromatic rings. The summed E-state index contributed by atoms with van der Waals surface area (Å²) in [5.74, 6) is 0.954. The second-order valence-electron chi connectivity index (χ2n) is 6.07. The number of benzene rings is 1. The van der Waals surface area contributed by atoms with Gasteiger partial charge in [-0.15, -0.1) is 0 Å². The standard InChI is InChI=1S/C18H30N2O/c1-2-3-15-21-17-9-7-16(8-10-17)18(19)11-14-20-12-5-4-6-13-20/h7-10,18H,2-6,11-15,19H2,1H3/t18-/m1/s1. The van der Waals surface area contributed by atoms with Crippen LogP contribution in [0.4, 0.5) is 0 Å². The van der Waals surface area contributed by atoms with Crippen LogP contribution >= 0.6 is 0 Å². The molecular formula is C18H30N2O. The van der Waals surface area contributed by atoms with E-state index in [1.54, 1.807) is 0 Å². The summed E-state index contributed by atoms with van der Waals surface area (Å²) in [4.78, 5) is 2.55. The molecule has 3 heteroatoms. The van der Waals surface area contributed by atoms with E-state index in [0.29, 0.717) is 0 Å². The summed E-state index contributed by atoms with van der Waals surface area (Å²) in [6.45, 7) is 6.59. The third kappa shape index (κ3) is 5.68. The molecule has 1 atom stereocenters. The first-order valence-electron chi connectivity index (χ1n) is 8.50. The average molecular weight is 290 g/mol. The molecule has 1 heterocycles. The highest BCUT2D eigenvalue weighted by atomic mass is 16.5. The number of nitrogens with zero attached hydrogens (tertiary/aromatic N) is 1. The van der Waals surface area contributed by atoms with Crippen molar-refractivity contribution in [1.82, 2.24) is 4.90 Å². The number of unbranched alkanes of at least 4 members (excludes halogenated alkanes) is 1. The van der Waals surface area contributed by atoms with Crippen molar-refractivity contribution < 1.29 is 4.74 Å². The van der Waals surface area contributed by atoms with Crippen LogP contribution in [-0.2, 0) is 0 Å². The van der Waals surface area contributed by atoms with Gasteiger partial charge in [-0.2, -0.15) is 0 Å². The Hall–Kier alpha value is -1.06. The number of hydrogen-bond donors (Lipinski definition) is 1. The molecule has 3 nitrogen and oxygen atoms in total. The van der Waals surface area contributed by atoms with Gasteiger partial charge in [-0.05, 0) is 63.0 Å². The molecule has 2 N–H and O–H groups in total. The van der Waals surface area contributed by atoms with E-state index in [2.05, 4.69) is 24.0 Å². The van der Waals surface area contributed by atoms with E-state index in [1.165, 1.54) is 44.3 Å². The molecule has 1 fully saturated rings. The quantitative estimate of drug-likeness (QED) is 0.741. The van der Waals surface area contributed by atoms with Crippen molar-refractivity contribution in [2.45, 2.75) is 51.5 Å². The molecule has 0 radical (unpaired) electrons. The SMILES string of the molecule is CCCCOc1ccc([C@H](N)CCN2CCCCC2)cc1. The van der Waals surface area contributed by atoms with Gasteiger partial charge in [0, 0.05) is 6.04 Å². The number of nitrogens with two attached hydrogens (primary N) is 1. The lowest BCUT2D eigenvalue weighted by molar-refractivity contribution is 0.221. The fourth-order valence-corrected chi connectivity index (χ4v) is 2.82. The molecule has 21 heavy (non-hydrogen) atoms. The van der Waals surface area contributed by atoms with Gasteiger partial charge >= 0.3 is 0 Å².